The van der Waals surface area contributed by atoms with Crippen LogP contribution in [-0.4, -0.2) is 43.8 Å². The van der Waals surface area contributed by atoms with E-state index in [0.717, 1.165) is 29.8 Å². The van der Waals surface area contributed by atoms with Crippen molar-refractivity contribution in [3.63, 3.8) is 0 Å². The van der Waals surface area contributed by atoms with E-state index in [1.165, 1.54) is 39.1 Å². The zero-order valence-electron chi connectivity index (χ0n) is 21.2. The van der Waals surface area contributed by atoms with Gasteiger partial charge in [0.25, 0.3) is 0 Å². The third kappa shape index (κ3) is 4.04. The van der Waals surface area contributed by atoms with Crippen LogP contribution >= 0.6 is 12.6 Å². The highest BCUT2D eigenvalue weighted by Gasteiger charge is 2.31. The number of carbonyl (C=O) groups is 1. The van der Waals surface area contributed by atoms with Crippen LogP contribution in [-0.2, 0) is 10.5 Å². The smallest absolute Gasteiger partial charge is 0.409 e. The third-order valence-corrected chi connectivity index (χ3v) is 8.17. The molecule has 0 radical (unpaired) electrons. The van der Waals surface area contributed by atoms with Crippen LogP contribution < -0.4 is 4.90 Å². The lowest BCUT2D eigenvalue weighted by molar-refractivity contribution is 0.0976. The minimum atomic E-state index is -0.241. The number of rotatable bonds is 4. The molecule has 184 valence electrons. The largest absolute Gasteiger partial charge is 0.448 e. The van der Waals surface area contributed by atoms with E-state index in [1.807, 2.05) is 4.90 Å². The Bertz CT molecular complexity index is 1320. The molecule has 0 saturated carbocycles. The van der Waals surface area contributed by atoms with Gasteiger partial charge in [0.2, 0.25) is 0 Å². The quantitative estimate of drug-likeness (QED) is 0.350. The number of fused-ring (bicyclic) bond motifs is 3. The number of anilines is 1. The zero-order valence-corrected chi connectivity index (χ0v) is 22.1. The van der Waals surface area contributed by atoms with Crippen molar-refractivity contribution < 1.29 is 9.53 Å². The van der Waals surface area contributed by atoms with Crippen molar-refractivity contribution in [3.8, 4) is 23.5 Å². The zero-order chi connectivity index (χ0) is 25.4. The number of piperazine rings is 1. The van der Waals surface area contributed by atoms with Gasteiger partial charge >= 0.3 is 6.09 Å². The average molecular weight is 497 g/mol. The summed E-state index contributed by atoms with van der Waals surface area (Å²) in [4.78, 5) is 17.2. The van der Waals surface area contributed by atoms with Crippen LogP contribution in [0.3, 0.4) is 0 Å². The van der Waals surface area contributed by atoms with E-state index in [9.17, 15) is 4.79 Å². The molecule has 36 heavy (non-hydrogen) atoms. The number of hydrogen-bond acceptors (Lipinski definition) is 4. The van der Waals surface area contributed by atoms with Crippen molar-refractivity contribution in [1.29, 1.82) is 0 Å². The molecule has 0 N–H and O–H groups in total. The normalized spacial score (nSPS) is 14.9. The van der Waals surface area contributed by atoms with Crippen LogP contribution in [0, 0.1) is 33.1 Å². The Balaban J connectivity index is 1.27. The predicted molar refractivity (Wildman–Crippen MR) is 150 cm³/mol. The number of terminal acetylenes is 1. The van der Waals surface area contributed by atoms with Crippen molar-refractivity contribution in [3.05, 3.63) is 87.5 Å². The topological polar surface area (TPSA) is 32.8 Å². The lowest BCUT2D eigenvalue weighted by atomic mass is 9.91. The van der Waals surface area contributed by atoms with Crippen LogP contribution in [0.2, 0.25) is 0 Å². The van der Waals surface area contributed by atoms with Gasteiger partial charge in [-0.3, -0.25) is 0 Å². The molecule has 1 heterocycles. The molecule has 1 fully saturated rings. The van der Waals surface area contributed by atoms with Crippen molar-refractivity contribution in [1.82, 2.24) is 4.90 Å². The summed E-state index contributed by atoms with van der Waals surface area (Å²) >= 11 is 4.56. The van der Waals surface area contributed by atoms with Crippen LogP contribution in [0.4, 0.5) is 10.5 Å². The fourth-order valence-electron chi connectivity index (χ4n) is 5.98. The molecule has 5 rings (SSSR count). The molecule has 0 unspecified atom stereocenters. The van der Waals surface area contributed by atoms with Gasteiger partial charge in [-0.1, -0.05) is 54.5 Å². The molecule has 0 aromatic heterocycles. The average Bonchev–Trinajstić information content (AvgIpc) is 3.22. The summed E-state index contributed by atoms with van der Waals surface area (Å²) in [6.07, 6.45) is 5.63. The van der Waals surface area contributed by atoms with E-state index in [2.05, 4.69) is 92.8 Å². The first-order chi connectivity index (χ1) is 17.5. The molecule has 4 nitrogen and oxygen atoms in total. The molecule has 0 bridgehead atoms. The first kappa shape index (κ1) is 24.3. The van der Waals surface area contributed by atoms with Crippen LogP contribution in [0.25, 0.3) is 11.1 Å². The van der Waals surface area contributed by atoms with Crippen LogP contribution in [0.15, 0.2) is 48.5 Å². The molecular weight excluding hydrogens is 464 g/mol. The second kappa shape index (κ2) is 9.95. The number of carbonyl (C=O) groups excluding carboxylic acids is 1. The van der Waals surface area contributed by atoms with Gasteiger partial charge in [-0.25, -0.2) is 4.79 Å². The number of hydrogen-bond donors (Lipinski definition) is 1. The molecule has 5 heteroatoms. The molecule has 1 aliphatic carbocycles. The SMILES string of the molecule is C#Cc1c(C)c(CS)c(C)c(N2CCN(C(=O)OCC3c4ccccc4-c4ccccc43)CC2)c1C. The third-order valence-electron chi connectivity index (χ3n) is 7.86. The number of thiol groups is 1. The van der Waals surface area contributed by atoms with Gasteiger partial charge in [-0.05, 0) is 65.3 Å². The molecule has 2 aliphatic rings. The van der Waals surface area contributed by atoms with Gasteiger partial charge in [-0.15, -0.1) is 6.42 Å². The van der Waals surface area contributed by atoms with Crippen molar-refractivity contribution in [2.45, 2.75) is 32.4 Å². The number of benzene rings is 3. The number of ether oxygens (including phenoxy) is 1. The monoisotopic (exact) mass is 496 g/mol. The lowest BCUT2D eigenvalue weighted by Crippen LogP contribution is -2.49. The summed E-state index contributed by atoms with van der Waals surface area (Å²) in [7, 11) is 0. The van der Waals surface area contributed by atoms with E-state index in [1.54, 1.807) is 0 Å². The maximum Gasteiger partial charge on any atom is 0.409 e. The summed E-state index contributed by atoms with van der Waals surface area (Å²) in [5.74, 6) is 3.61. The predicted octanol–water partition coefficient (Wildman–Crippen LogP) is 6.09. The Morgan fingerprint density at radius 1 is 0.944 bits per heavy atom. The summed E-state index contributed by atoms with van der Waals surface area (Å²) in [6.45, 7) is 9.40. The van der Waals surface area contributed by atoms with Crippen LogP contribution in [0.5, 0.6) is 0 Å². The standard InChI is InChI=1S/C31H32N2O2S/c1-5-23-20(2)29(19-36)22(4)30(21(23)3)32-14-16-33(17-15-32)31(34)35-18-28-26-12-8-6-10-24(26)25-11-7-9-13-27(25)28/h1,6-13,28,36H,14-19H2,2-4H3. The Morgan fingerprint density at radius 2 is 1.53 bits per heavy atom. The van der Waals surface area contributed by atoms with E-state index in [0.29, 0.717) is 25.4 Å². The van der Waals surface area contributed by atoms with Gasteiger partial charge in [0, 0.05) is 49.1 Å². The van der Waals surface area contributed by atoms with E-state index in [4.69, 9.17) is 11.2 Å². The van der Waals surface area contributed by atoms with E-state index >= 15 is 0 Å². The Morgan fingerprint density at radius 3 is 2.08 bits per heavy atom. The van der Waals surface area contributed by atoms with E-state index < -0.39 is 0 Å². The Labute approximate surface area is 219 Å². The van der Waals surface area contributed by atoms with Crippen LogP contribution in [0.1, 0.15) is 44.9 Å². The molecule has 0 spiro atoms. The first-order valence-corrected chi connectivity index (χ1v) is 13.1. The molecule has 1 amide bonds. The van der Waals surface area contributed by atoms with Gasteiger partial charge < -0.3 is 14.5 Å². The Kier molecular flexibility index (Phi) is 6.73. The molecule has 0 atom stereocenters. The van der Waals surface area contributed by atoms with E-state index in [-0.39, 0.29) is 12.0 Å². The molecule has 1 saturated heterocycles. The number of nitrogens with zero attached hydrogens (tertiary/aromatic N) is 2. The Hall–Kier alpha value is -3.36. The molecular formula is C31H32N2O2S. The maximum atomic E-state index is 13.0. The highest BCUT2D eigenvalue weighted by Crippen LogP contribution is 2.44. The van der Waals surface area contributed by atoms with Crippen molar-refractivity contribution in [2.24, 2.45) is 0 Å². The maximum absolute atomic E-state index is 13.0. The van der Waals surface area contributed by atoms with Gasteiger partial charge in [0.05, 0.1) is 0 Å². The van der Waals surface area contributed by atoms with Crippen molar-refractivity contribution in [2.75, 3.05) is 37.7 Å². The van der Waals surface area contributed by atoms with Gasteiger partial charge in [0.1, 0.15) is 6.61 Å². The summed E-state index contributed by atoms with van der Waals surface area (Å²) < 4.78 is 5.89. The minimum absolute atomic E-state index is 0.0716. The molecule has 3 aromatic carbocycles. The summed E-state index contributed by atoms with van der Waals surface area (Å²) in [5.41, 5.74) is 11.8. The summed E-state index contributed by atoms with van der Waals surface area (Å²) in [6, 6.07) is 16.8. The highest BCUT2D eigenvalue weighted by molar-refractivity contribution is 7.79. The minimum Gasteiger partial charge on any atom is -0.448 e. The fourth-order valence-corrected chi connectivity index (χ4v) is 6.46. The first-order valence-electron chi connectivity index (χ1n) is 12.5. The highest BCUT2D eigenvalue weighted by atomic mass is 32.1. The lowest BCUT2D eigenvalue weighted by Gasteiger charge is -2.38. The van der Waals surface area contributed by atoms with Crippen molar-refractivity contribution >= 4 is 24.4 Å². The van der Waals surface area contributed by atoms with Gasteiger partial charge in [-0.2, -0.15) is 12.6 Å². The molecule has 3 aromatic rings. The number of amides is 1. The second-order valence-electron chi connectivity index (χ2n) is 9.66. The summed E-state index contributed by atoms with van der Waals surface area (Å²) in [5, 5.41) is 0. The second-order valence-corrected chi connectivity index (χ2v) is 9.97. The molecule has 1 aliphatic heterocycles. The fraction of sp³-hybridized carbons (Fsp3) is 0.323. The van der Waals surface area contributed by atoms with Gasteiger partial charge in [0.15, 0.2) is 0 Å².